The van der Waals surface area contributed by atoms with Gasteiger partial charge in [-0.3, -0.25) is 4.79 Å². The molecule has 0 amide bonds. The first-order valence-electron chi connectivity index (χ1n) is 6.25. The second kappa shape index (κ2) is 8.27. The van der Waals surface area contributed by atoms with Crippen LogP contribution in [0.2, 0.25) is 0 Å². The Morgan fingerprint density at radius 1 is 1.44 bits per heavy atom. The topological polar surface area (TPSA) is 38.3 Å². The van der Waals surface area contributed by atoms with Gasteiger partial charge in [0, 0.05) is 17.4 Å². The Bertz CT molecular complexity index is 393. The first kappa shape index (κ1) is 15.2. The summed E-state index contributed by atoms with van der Waals surface area (Å²) in [5.41, 5.74) is 2.49. The molecule has 1 aromatic carbocycles. The first-order chi connectivity index (χ1) is 8.63. The zero-order valence-corrected chi connectivity index (χ0v) is 12.5. The summed E-state index contributed by atoms with van der Waals surface area (Å²) >= 11 is 3.48. The molecule has 4 heteroatoms. The quantitative estimate of drug-likeness (QED) is 0.620. The van der Waals surface area contributed by atoms with Crippen LogP contribution in [0.15, 0.2) is 22.7 Å². The van der Waals surface area contributed by atoms with Crippen molar-refractivity contribution in [2.45, 2.75) is 33.2 Å². The van der Waals surface area contributed by atoms with E-state index in [9.17, 15) is 4.79 Å². The van der Waals surface area contributed by atoms with Gasteiger partial charge in [-0.2, -0.15) is 0 Å². The number of rotatable bonds is 7. The molecule has 0 aliphatic carbocycles. The predicted octanol–water partition coefficient (Wildman–Crippen LogP) is 3.19. The van der Waals surface area contributed by atoms with E-state index in [1.807, 2.05) is 6.92 Å². The molecule has 0 saturated heterocycles. The van der Waals surface area contributed by atoms with Crippen LogP contribution in [-0.4, -0.2) is 19.1 Å². The fourth-order valence-corrected chi connectivity index (χ4v) is 1.89. The second-order valence-electron chi connectivity index (χ2n) is 4.17. The number of nitrogens with one attached hydrogen (secondary N) is 1. The number of aryl methyl sites for hydroxylation is 1. The molecule has 1 aromatic rings. The van der Waals surface area contributed by atoms with Crippen molar-refractivity contribution in [3.63, 3.8) is 0 Å². The van der Waals surface area contributed by atoms with Crippen LogP contribution in [0, 0.1) is 6.92 Å². The van der Waals surface area contributed by atoms with Gasteiger partial charge in [0.2, 0.25) is 0 Å². The highest BCUT2D eigenvalue weighted by Crippen LogP contribution is 2.16. The van der Waals surface area contributed by atoms with Crippen molar-refractivity contribution in [1.29, 1.82) is 0 Å². The molecule has 0 heterocycles. The van der Waals surface area contributed by atoms with Gasteiger partial charge in [-0.05, 0) is 44.0 Å². The molecule has 0 spiro atoms. The number of carbonyl (C=O) groups is 1. The number of esters is 1. The van der Waals surface area contributed by atoms with E-state index < -0.39 is 0 Å². The van der Waals surface area contributed by atoms with Crippen LogP contribution in [0.3, 0.4) is 0 Å². The third kappa shape index (κ3) is 5.65. The second-order valence-corrected chi connectivity index (χ2v) is 5.02. The van der Waals surface area contributed by atoms with Crippen molar-refractivity contribution in [3.8, 4) is 0 Å². The average molecular weight is 314 g/mol. The zero-order valence-electron chi connectivity index (χ0n) is 11.0. The Kier molecular flexibility index (Phi) is 6.98. The lowest BCUT2D eigenvalue weighted by atomic mass is 10.1. The molecule has 0 unspecified atom stereocenters. The van der Waals surface area contributed by atoms with Crippen LogP contribution >= 0.6 is 15.9 Å². The molecule has 1 rings (SSSR count). The molecule has 0 aliphatic heterocycles. The van der Waals surface area contributed by atoms with Crippen LogP contribution in [0.4, 0.5) is 0 Å². The number of carbonyl (C=O) groups excluding carboxylic acids is 1. The highest BCUT2D eigenvalue weighted by atomic mass is 79.9. The molecule has 0 atom stereocenters. The van der Waals surface area contributed by atoms with E-state index in [-0.39, 0.29) is 5.97 Å². The van der Waals surface area contributed by atoms with Crippen LogP contribution in [0.25, 0.3) is 0 Å². The molecular weight excluding hydrogens is 294 g/mol. The van der Waals surface area contributed by atoms with Crippen molar-refractivity contribution in [1.82, 2.24) is 5.32 Å². The lowest BCUT2D eigenvalue weighted by Gasteiger charge is -2.06. The molecule has 1 N–H and O–H groups in total. The summed E-state index contributed by atoms with van der Waals surface area (Å²) in [7, 11) is 0. The maximum Gasteiger partial charge on any atom is 0.305 e. The monoisotopic (exact) mass is 313 g/mol. The van der Waals surface area contributed by atoms with Crippen LogP contribution in [0.5, 0.6) is 0 Å². The van der Waals surface area contributed by atoms with Crippen LogP contribution in [0.1, 0.15) is 30.9 Å². The minimum Gasteiger partial charge on any atom is -0.466 e. The maximum atomic E-state index is 11.1. The largest absolute Gasteiger partial charge is 0.466 e. The molecule has 0 aliphatic rings. The van der Waals surface area contributed by atoms with Crippen LogP contribution in [-0.2, 0) is 16.1 Å². The molecule has 0 aromatic heterocycles. The summed E-state index contributed by atoms with van der Waals surface area (Å²) in [6.45, 7) is 6.02. The van der Waals surface area contributed by atoms with E-state index in [0.29, 0.717) is 13.0 Å². The molecule has 0 radical (unpaired) electrons. The number of hydrogen-bond donors (Lipinski definition) is 1. The third-order valence-corrected chi connectivity index (χ3v) is 3.48. The Hall–Kier alpha value is -0.870. The lowest BCUT2D eigenvalue weighted by molar-refractivity contribution is -0.143. The van der Waals surface area contributed by atoms with Gasteiger partial charge in [0.05, 0.1) is 6.61 Å². The number of ether oxygens (including phenoxy) is 1. The van der Waals surface area contributed by atoms with Gasteiger partial charge >= 0.3 is 5.97 Å². The van der Waals surface area contributed by atoms with Gasteiger partial charge in [0.15, 0.2) is 0 Å². The number of hydrogen-bond acceptors (Lipinski definition) is 3. The van der Waals surface area contributed by atoms with Gasteiger partial charge in [-0.25, -0.2) is 0 Å². The normalized spacial score (nSPS) is 10.4. The summed E-state index contributed by atoms with van der Waals surface area (Å²) < 4.78 is 6.00. The van der Waals surface area contributed by atoms with Gasteiger partial charge in [0.25, 0.3) is 0 Å². The van der Waals surface area contributed by atoms with Crippen molar-refractivity contribution >= 4 is 21.9 Å². The standard InChI is InChI=1S/C14H20BrNO2/c1-3-18-14(17)5-4-8-16-10-12-6-7-13(15)11(2)9-12/h6-7,9,16H,3-5,8,10H2,1-2H3. The fraction of sp³-hybridized carbons (Fsp3) is 0.500. The van der Waals surface area contributed by atoms with Crippen molar-refractivity contribution < 1.29 is 9.53 Å². The summed E-state index contributed by atoms with van der Waals surface area (Å²) in [4.78, 5) is 11.1. The Balaban J connectivity index is 2.18. The molecule has 100 valence electrons. The summed E-state index contributed by atoms with van der Waals surface area (Å²) in [6.07, 6.45) is 1.30. The highest BCUT2D eigenvalue weighted by molar-refractivity contribution is 9.10. The van der Waals surface area contributed by atoms with E-state index in [1.54, 1.807) is 0 Å². The molecule has 0 fully saturated rings. The summed E-state index contributed by atoms with van der Waals surface area (Å²) in [6, 6.07) is 6.31. The number of halogens is 1. The highest BCUT2D eigenvalue weighted by Gasteiger charge is 2.01. The SMILES string of the molecule is CCOC(=O)CCCNCc1ccc(Br)c(C)c1. The van der Waals surface area contributed by atoms with E-state index >= 15 is 0 Å². The fourth-order valence-electron chi connectivity index (χ4n) is 1.64. The molecular formula is C14H20BrNO2. The molecule has 18 heavy (non-hydrogen) atoms. The molecule has 0 saturated carbocycles. The molecule has 3 nitrogen and oxygen atoms in total. The third-order valence-electron chi connectivity index (χ3n) is 2.59. The van der Waals surface area contributed by atoms with Gasteiger partial charge in [-0.1, -0.05) is 28.1 Å². The summed E-state index contributed by atoms with van der Waals surface area (Å²) in [5.74, 6) is -0.112. The van der Waals surface area contributed by atoms with E-state index in [4.69, 9.17) is 4.74 Å². The zero-order chi connectivity index (χ0) is 13.4. The van der Waals surface area contributed by atoms with E-state index in [2.05, 4.69) is 46.4 Å². The van der Waals surface area contributed by atoms with E-state index in [1.165, 1.54) is 11.1 Å². The minimum atomic E-state index is -0.112. The Labute approximate surface area is 117 Å². The van der Waals surface area contributed by atoms with Gasteiger partial charge in [-0.15, -0.1) is 0 Å². The lowest BCUT2D eigenvalue weighted by Crippen LogP contribution is -2.16. The number of benzene rings is 1. The van der Waals surface area contributed by atoms with Crippen molar-refractivity contribution in [2.24, 2.45) is 0 Å². The van der Waals surface area contributed by atoms with E-state index in [0.717, 1.165) is 24.0 Å². The summed E-state index contributed by atoms with van der Waals surface area (Å²) in [5, 5.41) is 3.32. The van der Waals surface area contributed by atoms with Gasteiger partial charge < -0.3 is 10.1 Å². The Morgan fingerprint density at radius 2 is 2.22 bits per heavy atom. The minimum absolute atomic E-state index is 0.112. The van der Waals surface area contributed by atoms with Crippen molar-refractivity contribution in [2.75, 3.05) is 13.2 Å². The van der Waals surface area contributed by atoms with Gasteiger partial charge in [0.1, 0.15) is 0 Å². The smallest absolute Gasteiger partial charge is 0.305 e. The average Bonchev–Trinajstić information content (AvgIpc) is 2.33. The predicted molar refractivity (Wildman–Crippen MR) is 76.5 cm³/mol. The van der Waals surface area contributed by atoms with Crippen molar-refractivity contribution in [3.05, 3.63) is 33.8 Å². The maximum absolute atomic E-state index is 11.1. The van der Waals surface area contributed by atoms with Crippen LogP contribution < -0.4 is 5.32 Å². The first-order valence-corrected chi connectivity index (χ1v) is 7.04. The molecule has 0 bridgehead atoms. The Morgan fingerprint density at radius 3 is 2.89 bits per heavy atom.